The first-order valence-corrected chi connectivity index (χ1v) is 10.6. The third-order valence-corrected chi connectivity index (χ3v) is 5.39. The Kier molecular flexibility index (Phi) is 9.64. The molecule has 0 amide bonds. The summed E-state index contributed by atoms with van der Waals surface area (Å²) >= 11 is 0. The lowest BCUT2D eigenvalue weighted by Gasteiger charge is -2.29. The van der Waals surface area contributed by atoms with Crippen molar-refractivity contribution in [2.75, 3.05) is 32.7 Å². The molecule has 2 heterocycles. The molecule has 1 saturated heterocycles. The smallest absolute Gasteiger partial charge is 0.191 e. The predicted octanol–water partition coefficient (Wildman–Crippen LogP) is 3.81. The van der Waals surface area contributed by atoms with Crippen molar-refractivity contribution in [3.05, 3.63) is 59.5 Å². The van der Waals surface area contributed by atoms with E-state index in [0.717, 1.165) is 31.9 Å². The Morgan fingerprint density at radius 3 is 2.47 bits per heavy atom. The average Bonchev–Trinajstić information content (AvgIpc) is 3.39. The van der Waals surface area contributed by atoms with E-state index in [1.54, 1.807) is 6.92 Å². The lowest BCUT2D eigenvalue weighted by atomic mass is 10.0. The summed E-state index contributed by atoms with van der Waals surface area (Å²) in [6.45, 7) is 9.63. The summed E-state index contributed by atoms with van der Waals surface area (Å²) in [6, 6.07) is 14.6. The number of aliphatic hydroxyl groups is 1. The number of likely N-dealkylation sites (tertiary alicyclic amines) is 1. The van der Waals surface area contributed by atoms with Gasteiger partial charge in [-0.15, -0.1) is 24.0 Å². The summed E-state index contributed by atoms with van der Waals surface area (Å²) in [6.07, 6.45) is 2.51. The molecule has 1 aliphatic heterocycles. The number of aryl methyl sites for hydroxylation is 1. The van der Waals surface area contributed by atoms with Crippen LogP contribution in [0.15, 0.2) is 51.9 Å². The van der Waals surface area contributed by atoms with Gasteiger partial charge in [0.1, 0.15) is 17.1 Å². The zero-order valence-corrected chi connectivity index (χ0v) is 20.6. The molecule has 1 fully saturated rings. The van der Waals surface area contributed by atoms with Crippen molar-refractivity contribution >= 4 is 29.9 Å². The minimum Gasteiger partial charge on any atom is -0.463 e. The number of hydrogen-bond donors (Lipinski definition) is 3. The van der Waals surface area contributed by atoms with Gasteiger partial charge < -0.3 is 20.2 Å². The highest BCUT2D eigenvalue weighted by atomic mass is 127. The van der Waals surface area contributed by atoms with Gasteiger partial charge in [0.2, 0.25) is 0 Å². The number of benzene rings is 1. The van der Waals surface area contributed by atoms with E-state index in [2.05, 4.69) is 50.9 Å². The molecule has 1 aromatic heterocycles. The van der Waals surface area contributed by atoms with Crippen LogP contribution in [0.3, 0.4) is 0 Å². The molecule has 1 aromatic carbocycles. The SMILES string of the molecule is CCNC(=NCC(C)(O)c1ccc(C)o1)NCC(c1ccccc1)N1CCCC1.I. The molecule has 1 aliphatic rings. The summed E-state index contributed by atoms with van der Waals surface area (Å²) in [7, 11) is 0. The number of furan rings is 1. The monoisotopic (exact) mass is 526 g/mol. The Labute approximate surface area is 197 Å². The van der Waals surface area contributed by atoms with Crippen molar-refractivity contribution in [2.24, 2.45) is 4.99 Å². The van der Waals surface area contributed by atoms with E-state index in [0.29, 0.717) is 17.8 Å². The first-order valence-electron chi connectivity index (χ1n) is 10.6. The minimum absolute atomic E-state index is 0. The molecule has 2 aromatic rings. The lowest BCUT2D eigenvalue weighted by Crippen LogP contribution is -2.43. The number of rotatable bonds is 8. The largest absolute Gasteiger partial charge is 0.463 e. The van der Waals surface area contributed by atoms with Crippen LogP contribution in [-0.4, -0.2) is 48.7 Å². The molecule has 7 heteroatoms. The number of nitrogens with one attached hydrogen (secondary N) is 2. The second-order valence-electron chi connectivity index (χ2n) is 7.93. The van der Waals surface area contributed by atoms with Gasteiger partial charge in [-0.2, -0.15) is 0 Å². The molecule has 166 valence electrons. The Balaban J connectivity index is 0.00000320. The highest BCUT2D eigenvalue weighted by Crippen LogP contribution is 2.25. The molecule has 0 aliphatic carbocycles. The van der Waals surface area contributed by atoms with Crippen LogP contribution in [0.4, 0.5) is 0 Å². The summed E-state index contributed by atoms with van der Waals surface area (Å²) in [5.74, 6) is 2.02. The number of nitrogens with zero attached hydrogens (tertiary/aromatic N) is 2. The molecule has 3 rings (SSSR count). The fraction of sp³-hybridized carbons (Fsp3) is 0.522. The first-order chi connectivity index (χ1) is 14.0. The van der Waals surface area contributed by atoms with Crippen molar-refractivity contribution in [3.8, 4) is 0 Å². The van der Waals surface area contributed by atoms with Crippen LogP contribution in [0.1, 0.15) is 49.8 Å². The van der Waals surface area contributed by atoms with Crippen LogP contribution in [0.2, 0.25) is 0 Å². The number of aliphatic imine (C=N–C) groups is 1. The van der Waals surface area contributed by atoms with Crippen LogP contribution >= 0.6 is 24.0 Å². The van der Waals surface area contributed by atoms with Gasteiger partial charge in [-0.1, -0.05) is 30.3 Å². The molecule has 2 atom stereocenters. The van der Waals surface area contributed by atoms with E-state index in [9.17, 15) is 5.11 Å². The van der Waals surface area contributed by atoms with Gasteiger partial charge in [-0.25, -0.2) is 4.99 Å². The van der Waals surface area contributed by atoms with Crippen LogP contribution in [-0.2, 0) is 5.60 Å². The molecular weight excluding hydrogens is 491 g/mol. The summed E-state index contributed by atoms with van der Waals surface area (Å²) in [5.41, 5.74) is 0.167. The topological polar surface area (TPSA) is 73.0 Å². The molecule has 2 unspecified atom stereocenters. The Morgan fingerprint density at radius 1 is 1.17 bits per heavy atom. The molecule has 0 bridgehead atoms. The summed E-state index contributed by atoms with van der Waals surface area (Å²) in [5, 5.41) is 17.5. The Hall–Kier alpha value is -1.58. The fourth-order valence-electron chi connectivity index (χ4n) is 3.76. The molecule has 30 heavy (non-hydrogen) atoms. The van der Waals surface area contributed by atoms with Crippen molar-refractivity contribution in [1.29, 1.82) is 0 Å². The maximum absolute atomic E-state index is 10.8. The maximum atomic E-state index is 10.8. The van der Waals surface area contributed by atoms with E-state index < -0.39 is 5.60 Å². The minimum atomic E-state index is -1.15. The number of hydrogen-bond acceptors (Lipinski definition) is 4. The van der Waals surface area contributed by atoms with Gasteiger partial charge in [0.25, 0.3) is 0 Å². The normalized spacial score (nSPS) is 17.8. The van der Waals surface area contributed by atoms with E-state index in [1.165, 1.54) is 18.4 Å². The van der Waals surface area contributed by atoms with Gasteiger partial charge in [-0.3, -0.25) is 4.90 Å². The highest BCUT2D eigenvalue weighted by Gasteiger charge is 2.27. The summed E-state index contributed by atoms with van der Waals surface area (Å²) < 4.78 is 5.60. The Morgan fingerprint density at radius 2 is 1.87 bits per heavy atom. The molecule has 0 saturated carbocycles. The van der Waals surface area contributed by atoms with Crippen molar-refractivity contribution < 1.29 is 9.52 Å². The second-order valence-corrected chi connectivity index (χ2v) is 7.93. The van der Waals surface area contributed by atoms with E-state index in [-0.39, 0.29) is 30.5 Å². The molecule has 3 N–H and O–H groups in total. The zero-order chi connectivity index (χ0) is 20.7. The van der Waals surface area contributed by atoms with Gasteiger partial charge in [0, 0.05) is 13.1 Å². The quantitative estimate of drug-likeness (QED) is 0.277. The Bertz CT molecular complexity index is 786. The van der Waals surface area contributed by atoms with Crippen molar-refractivity contribution in [2.45, 2.75) is 45.3 Å². The number of guanidine groups is 1. The molecule has 6 nitrogen and oxygen atoms in total. The van der Waals surface area contributed by atoms with Crippen LogP contribution in [0.25, 0.3) is 0 Å². The van der Waals surface area contributed by atoms with E-state index in [1.807, 2.05) is 26.0 Å². The maximum Gasteiger partial charge on any atom is 0.191 e. The molecule has 0 radical (unpaired) electrons. The first kappa shape index (κ1) is 24.7. The third-order valence-electron chi connectivity index (χ3n) is 5.39. The van der Waals surface area contributed by atoms with Crippen LogP contribution in [0, 0.1) is 6.92 Å². The van der Waals surface area contributed by atoms with Crippen molar-refractivity contribution in [3.63, 3.8) is 0 Å². The molecular formula is C23H35IN4O2. The van der Waals surface area contributed by atoms with Gasteiger partial charge in [0.15, 0.2) is 5.96 Å². The lowest BCUT2D eigenvalue weighted by molar-refractivity contribution is 0.0428. The van der Waals surface area contributed by atoms with Gasteiger partial charge in [-0.05, 0) is 64.4 Å². The number of halogens is 1. The average molecular weight is 526 g/mol. The third kappa shape index (κ3) is 6.72. The zero-order valence-electron chi connectivity index (χ0n) is 18.2. The standard InChI is InChI=1S/C23H34N4O2.HI/c1-4-24-22(26-17-23(3,28)21-13-12-18(2)29-21)25-16-20(27-14-8-9-15-27)19-10-6-5-7-11-19;/h5-7,10-13,20,28H,4,8-9,14-17H2,1-3H3,(H2,24,25,26);1H. The predicted molar refractivity (Wildman–Crippen MR) is 132 cm³/mol. The summed E-state index contributed by atoms with van der Waals surface area (Å²) in [4.78, 5) is 7.16. The van der Waals surface area contributed by atoms with E-state index in [4.69, 9.17) is 4.42 Å². The van der Waals surface area contributed by atoms with Gasteiger partial charge in [0.05, 0.1) is 12.6 Å². The van der Waals surface area contributed by atoms with Crippen LogP contribution in [0.5, 0.6) is 0 Å². The fourth-order valence-corrected chi connectivity index (χ4v) is 3.76. The van der Waals surface area contributed by atoms with Crippen LogP contribution < -0.4 is 10.6 Å². The van der Waals surface area contributed by atoms with Crippen molar-refractivity contribution in [1.82, 2.24) is 15.5 Å². The second kappa shape index (κ2) is 11.7. The molecule has 0 spiro atoms. The van der Waals surface area contributed by atoms with E-state index >= 15 is 0 Å². The highest BCUT2D eigenvalue weighted by molar-refractivity contribution is 14.0. The van der Waals surface area contributed by atoms with Gasteiger partial charge >= 0.3 is 0 Å².